The Hall–Kier alpha value is -2.49. The first kappa shape index (κ1) is 21.2. The number of carbonyl (C=O) groups is 1. The summed E-state index contributed by atoms with van der Waals surface area (Å²) in [6.45, 7) is 4.31. The molecule has 1 aliphatic rings. The van der Waals surface area contributed by atoms with Gasteiger partial charge in [0.25, 0.3) is 15.9 Å². The van der Waals surface area contributed by atoms with Crippen LogP contribution in [0.3, 0.4) is 0 Å². The Labute approximate surface area is 167 Å². The van der Waals surface area contributed by atoms with Crippen molar-refractivity contribution in [1.82, 2.24) is 9.47 Å². The summed E-state index contributed by atoms with van der Waals surface area (Å²) in [5.41, 5.74) is -0.299. The van der Waals surface area contributed by atoms with E-state index in [1.165, 1.54) is 6.07 Å². The molecule has 6 nitrogen and oxygen atoms in total. The highest BCUT2D eigenvalue weighted by Crippen LogP contribution is 2.33. The second-order valence-corrected chi connectivity index (χ2v) is 8.74. The van der Waals surface area contributed by atoms with Gasteiger partial charge in [0.15, 0.2) is 0 Å². The van der Waals surface area contributed by atoms with Crippen molar-refractivity contribution in [2.45, 2.75) is 37.8 Å². The van der Waals surface area contributed by atoms with Gasteiger partial charge in [-0.1, -0.05) is 6.07 Å². The lowest BCUT2D eigenvalue weighted by Crippen LogP contribution is -2.30. The van der Waals surface area contributed by atoms with Crippen LogP contribution in [0.15, 0.2) is 29.2 Å². The second-order valence-electron chi connectivity index (χ2n) is 7.12. The normalized spacial score (nSPS) is 15.0. The van der Waals surface area contributed by atoms with Crippen molar-refractivity contribution < 1.29 is 26.4 Å². The van der Waals surface area contributed by atoms with E-state index in [0.29, 0.717) is 24.5 Å². The third kappa shape index (κ3) is 3.98. The minimum absolute atomic E-state index is 0.0615. The van der Waals surface area contributed by atoms with E-state index in [9.17, 15) is 26.4 Å². The molecule has 10 heteroatoms. The van der Waals surface area contributed by atoms with Gasteiger partial charge in [0.05, 0.1) is 11.1 Å². The molecule has 3 rings (SSSR count). The molecule has 2 aromatic rings. The van der Waals surface area contributed by atoms with Crippen LogP contribution in [0.2, 0.25) is 0 Å². The van der Waals surface area contributed by atoms with Crippen LogP contribution in [0, 0.1) is 13.8 Å². The SMILES string of the molecule is Cc1c(C(=O)N2CCCC2)c(S(=O)(=O)Nc2cccc(C(F)(F)F)c2)c(C)n1C. The minimum atomic E-state index is -4.60. The summed E-state index contributed by atoms with van der Waals surface area (Å²) in [6.07, 6.45) is -2.90. The quantitative estimate of drug-likeness (QED) is 0.806. The molecule has 0 bridgehead atoms. The van der Waals surface area contributed by atoms with E-state index in [1.807, 2.05) is 0 Å². The van der Waals surface area contributed by atoms with Crippen molar-refractivity contribution in [2.24, 2.45) is 7.05 Å². The molecule has 1 aromatic carbocycles. The largest absolute Gasteiger partial charge is 0.416 e. The molecule has 1 N–H and O–H groups in total. The monoisotopic (exact) mass is 429 g/mol. The van der Waals surface area contributed by atoms with E-state index in [-0.39, 0.29) is 22.1 Å². The molecule has 2 heterocycles. The first-order valence-corrected chi connectivity index (χ1v) is 10.6. The lowest BCUT2D eigenvalue weighted by atomic mass is 10.2. The summed E-state index contributed by atoms with van der Waals surface area (Å²) in [5, 5.41) is 0. The lowest BCUT2D eigenvalue weighted by Gasteiger charge is -2.17. The number of sulfonamides is 1. The standard InChI is InChI=1S/C19H22F3N3O3S/c1-12-16(18(26)25-9-4-5-10-25)17(13(2)24(12)3)29(27,28)23-15-8-6-7-14(11-15)19(20,21)22/h6-8,11,23H,4-5,9-10H2,1-3H3. The zero-order valence-electron chi connectivity index (χ0n) is 16.3. The summed E-state index contributed by atoms with van der Waals surface area (Å²) in [6, 6.07) is 3.95. The molecular formula is C19H22F3N3O3S. The Kier molecular flexibility index (Phi) is 5.42. The van der Waals surface area contributed by atoms with Gasteiger partial charge in [-0.25, -0.2) is 8.42 Å². The molecule has 158 valence electrons. The fraction of sp³-hybridized carbons (Fsp3) is 0.421. The number of likely N-dealkylation sites (tertiary alicyclic amines) is 1. The smallest absolute Gasteiger partial charge is 0.350 e. The number of aromatic nitrogens is 1. The van der Waals surface area contributed by atoms with Gasteiger partial charge in [-0.2, -0.15) is 13.2 Å². The van der Waals surface area contributed by atoms with Crippen molar-refractivity contribution in [3.8, 4) is 0 Å². The van der Waals surface area contributed by atoms with Crippen LogP contribution in [-0.2, 0) is 23.2 Å². The van der Waals surface area contributed by atoms with Crippen LogP contribution in [0.4, 0.5) is 18.9 Å². The summed E-state index contributed by atoms with van der Waals surface area (Å²) < 4.78 is 68.9. The molecule has 1 amide bonds. The van der Waals surface area contributed by atoms with Gasteiger partial charge in [-0.3, -0.25) is 9.52 Å². The molecule has 1 fully saturated rings. The van der Waals surface area contributed by atoms with Gasteiger partial charge in [-0.15, -0.1) is 0 Å². The van der Waals surface area contributed by atoms with Gasteiger partial charge in [0, 0.05) is 37.2 Å². The number of halogens is 3. The number of amides is 1. The number of nitrogens with one attached hydrogen (secondary N) is 1. The molecule has 1 aliphatic heterocycles. The van der Waals surface area contributed by atoms with Crippen molar-refractivity contribution in [1.29, 1.82) is 0 Å². The van der Waals surface area contributed by atoms with Crippen molar-refractivity contribution in [3.05, 3.63) is 46.8 Å². The van der Waals surface area contributed by atoms with Crippen molar-refractivity contribution in [3.63, 3.8) is 0 Å². The maximum absolute atomic E-state index is 13.1. The fourth-order valence-electron chi connectivity index (χ4n) is 3.54. The van der Waals surface area contributed by atoms with Crippen LogP contribution in [0.1, 0.15) is 40.2 Å². The van der Waals surface area contributed by atoms with Crippen LogP contribution in [-0.4, -0.2) is 36.9 Å². The van der Waals surface area contributed by atoms with E-state index in [2.05, 4.69) is 4.72 Å². The van der Waals surface area contributed by atoms with Crippen LogP contribution in [0.25, 0.3) is 0 Å². The number of carbonyl (C=O) groups excluding carboxylic acids is 1. The molecule has 29 heavy (non-hydrogen) atoms. The minimum Gasteiger partial charge on any atom is -0.350 e. The lowest BCUT2D eigenvalue weighted by molar-refractivity contribution is -0.137. The van der Waals surface area contributed by atoms with Crippen LogP contribution >= 0.6 is 0 Å². The van der Waals surface area contributed by atoms with Crippen LogP contribution < -0.4 is 4.72 Å². The van der Waals surface area contributed by atoms with Crippen LogP contribution in [0.5, 0.6) is 0 Å². The average molecular weight is 429 g/mol. The third-order valence-electron chi connectivity index (χ3n) is 5.24. The Balaban J connectivity index is 2.05. The topological polar surface area (TPSA) is 71.4 Å². The second kappa shape index (κ2) is 7.40. The first-order chi connectivity index (χ1) is 13.4. The molecule has 1 saturated heterocycles. The highest BCUT2D eigenvalue weighted by molar-refractivity contribution is 7.92. The molecule has 0 aliphatic carbocycles. The summed E-state index contributed by atoms with van der Waals surface area (Å²) >= 11 is 0. The predicted molar refractivity (Wildman–Crippen MR) is 102 cm³/mol. The molecule has 0 atom stereocenters. The Morgan fingerprint density at radius 3 is 2.31 bits per heavy atom. The number of benzene rings is 1. The summed E-state index contributed by atoms with van der Waals surface area (Å²) in [5.74, 6) is -0.381. The van der Waals surface area contributed by atoms with Gasteiger partial charge in [-0.05, 0) is 44.9 Å². The predicted octanol–water partition coefficient (Wildman–Crippen LogP) is 3.70. The average Bonchev–Trinajstić information content (AvgIpc) is 3.24. The number of rotatable bonds is 4. The molecule has 0 saturated carbocycles. The highest BCUT2D eigenvalue weighted by Gasteiger charge is 2.34. The van der Waals surface area contributed by atoms with E-state index >= 15 is 0 Å². The number of anilines is 1. The summed E-state index contributed by atoms with van der Waals surface area (Å²) in [4.78, 5) is 14.4. The molecule has 1 aromatic heterocycles. The Bertz CT molecular complexity index is 1050. The number of nitrogens with zero attached hydrogens (tertiary/aromatic N) is 2. The van der Waals surface area contributed by atoms with Crippen molar-refractivity contribution >= 4 is 21.6 Å². The van der Waals surface area contributed by atoms with E-state index in [1.54, 1.807) is 30.4 Å². The number of alkyl halides is 3. The maximum Gasteiger partial charge on any atom is 0.416 e. The van der Waals surface area contributed by atoms with E-state index in [4.69, 9.17) is 0 Å². The van der Waals surface area contributed by atoms with Gasteiger partial charge < -0.3 is 9.47 Å². The zero-order valence-corrected chi connectivity index (χ0v) is 17.1. The zero-order chi connectivity index (χ0) is 21.6. The first-order valence-electron chi connectivity index (χ1n) is 9.08. The Morgan fingerprint density at radius 2 is 1.72 bits per heavy atom. The van der Waals surface area contributed by atoms with E-state index < -0.39 is 21.8 Å². The van der Waals surface area contributed by atoms with Gasteiger partial charge in [0.2, 0.25) is 0 Å². The van der Waals surface area contributed by atoms with Crippen molar-refractivity contribution in [2.75, 3.05) is 17.8 Å². The third-order valence-corrected chi connectivity index (χ3v) is 6.78. The molecular weight excluding hydrogens is 407 g/mol. The van der Waals surface area contributed by atoms with E-state index in [0.717, 1.165) is 31.0 Å². The fourth-order valence-corrected chi connectivity index (χ4v) is 5.11. The molecule has 0 radical (unpaired) electrons. The van der Waals surface area contributed by atoms with Gasteiger partial charge in [0.1, 0.15) is 4.90 Å². The molecule has 0 unspecified atom stereocenters. The maximum atomic E-state index is 13.1. The number of hydrogen-bond donors (Lipinski definition) is 1. The summed E-state index contributed by atoms with van der Waals surface area (Å²) in [7, 11) is -2.65. The van der Waals surface area contributed by atoms with Gasteiger partial charge >= 0.3 is 6.18 Å². The Morgan fingerprint density at radius 1 is 1.10 bits per heavy atom. The highest BCUT2D eigenvalue weighted by atomic mass is 32.2. The number of hydrogen-bond acceptors (Lipinski definition) is 3. The molecule has 0 spiro atoms.